The lowest BCUT2D eigenvalue weighted by molar-refractivity contribution is 0.0393. The third kappa shape index (κ3) is 2.58. The maximum Gasteiger partial charge on any atom is 0.257 e. The molecule has 1 aromatic carbocycles. The molecule has 2 heterocycles. The molecule has 21 heavy (non-hydrogen) atoms. The Morgan fingerprint density at radius 1 is 1.38 bits per heavy atom. The highest BCUT2D eigenvalue weighted by Gasteiger charge is 2.37. The Labute approximate surface area is 125 Å². The summed E-state index contributed by atoms with van der Waals surface area (Å²) in [6.45, 7) is 5.07. The van der Waals surface area contributed by atoms with Gasteiger partial charge in [0.25, 0.3) is 5.91 Å². The van der Waals surface area contributed by atoms with Gasteiger partial charge in [-0.1, -0.05) is 0 Å². The van der Waals surface area contributed by atoms with Crippen molar-refractivity contribution in [3.05, 3.63) is 23.8 Å². The number of nitrogens with zero attached hydrogens (tertiary/aromatic N) is 2. The van der Waals surface area contributed by atoms with Gasteiger partial charge in [-0.25, -0.2) is 0 Å². The summed E-state index contributed by atoms with van der Waals surface area (Å²) in [5.41, 5.74) is 6.98. The predicted molar refractivity (Wildman–Crippen MR) is 82.5 cm³/mol. The van der Waals surface area contributed by atoms with Crippen molar-refractivity contribution in [2.45, 2.75) is 31.8 Å². The molecule has 5 heteroatoms. The van der Waals surface area contributed by atoms with Crippen LogP contribution in [0, 0.1) is 0 Å². The fourth-order valence-electron chi connectivity index (χ4n) is 3.51. The average Bonchev–Trinajstić information content (AvgIpc) is 2.92. The summed E-state index contributed by atoms with van der Waals surface area (Å²) in [5, 5.41) is 0. The second-order valence-electron chi connectivity index (χ2n) is 6.06. The number of anilines is 1. The number of hydrogen-bond donors (Lipinski definition) is 1. The number of benzene rings is 1. The van der Waals surface area contributed by atoms with Gasteiger partial charge >= 0.3 is 0 Å². The maximum absolute atomic E-state index is 12.9. The molecular formula is C16H23N3O2. The van der Waals surface area contributed by atoms with E-state index in [2.05, 4.69) is 11.8 Å². The van der Waals surface area contributed by atoms with Crippen molar-refractivity contribution in [1.82, 2.24) is 9.80 Å². The molecule has 2 saturated heterocycles. The van der Waals surface area contributed by atoms with E-state index in [0.717, 1.165) is 13.1 Å². The number of carbonyl (C=O) groups excluding carboxylic acids is 1. The molecule has 0 saturated carbocycles. The molecule has 2 aliphatic heterocycles. The van der Waals surface area contributed by atoms with E-state index >= 15 is 0 Å². The van der Waals surface area contributed by atoms with E-state index < -0.39 is 0 Å². The molecule has 2 fully saturated rings. The van der Waals surface area contributed by atoms with Crippen molar-refractivity contribution < 1.29 is 9.53 Å². The van der Waals surface area contributed by atoms with Crippen molar-refractivity contribution in [3.63, 3.8) is 0 Å². The number of carbonyl (C=O) groups is 1. The molecule has 0 bridgehead atoms. The highest BCUT2D eigenvalue weighted by atomic mass is 16.5. The van der Waals surface area contributed by atoms with E-state index in [1.807, 2.05) is 4.90 Å². The summed E-state index contributed by atoms with van der Waals surface area (Å²) >= 11 is 0. The van der Waals surface area contributed by atoms with Gasteiger partial charge in [0.15, 0.2) is 0 Å². The highest BCUT2D eigenvalue weighted by Crippen LogP contribution is 2.28. The Balaban J connectivity index is 1.84. The largest absolute Gasteiger partial charge is 0.496 e. The molecule has 0 spiro atoms. The van der Waals surface area contributed by atoms with Crippen molar-refractivity contribution in [2.24, 2.45) is 0 Å². The van der Waals surface area contributed by atoms with Gasteiger partial charge in [-0.3, -0.25) is 9.69 Å². The van der Waals surface area contributed by atoms with Crippen molar-refractivity contribution in [3.8, 4) is 5.75 Å². The van der Waals surface area contributed by atoms with Gasteiger partial charge in [-0.15, -0.1) is 0 Å². The first-order valence-electron chi connectivity index (χ1n) is 7.58. The van der Waals surface area contributed by atoms with Crippen LogP contribution in [0.25, 0.3) is 0 Å². The molecular weight excluding hydrogens is 266 g/mol. The van der Waals surface area contributed by atoms with Gasteiger partial charge in [0.1, 0.15) is 5.75 Å². The topological polar surface area (TPSA) is 58.8 Å². The third-order valence-electron chi connectivity index (χ3n) is 4.65. The predicted octanol–water partition coefficient (Wildman–Crippen LogP) is 1.59. The number of nitrogens with two attached hydrogens (primary N) is 1. The molecule has 0 radical (unpaired) electrons. The number of ether oxygens (including phenoxy) is 1. The number of fused-ring (bicyclic) bond motifs is 1. The summed E-state index contributed by atoms with van der Waals surface area (Å²) in [4.78, 5) is 17.4. The first-order chi connectivity index (χ1) is 10.1. The Morgan fingerprint density at radius 2 is 2.19 bits per heavy atom. The van der Waals surface area contributed by atoms with Gasteiger partial charge in [-0.2, -0.15) is 0 Å². The summed E-state index contributed by atoms with van der Waals surface area (Å²) in [7, 11) is 1.57. The zero-order chi connectivity index (χ0) is 15.0. The van der Waals surface area contributed by atoms with Gasteiger partial charge in [0, 0.05) is 36.9 Å². The van der Waals surface area contributed by atoms with Crippen LogP contribution in [-0.4, -0.2) is 54.5 Å². The number of hydrogen-bond acceptors (Lipinski definition) is 4. The second kappa shape index (κ2) is 5.56. The van der Waals surface area contributed by atoms with Gasteiger partial charge < -0.3 is 15.4 Å². The first-order valence-corrected chi connectivity index (χ1v) is 7.58. The number of amides is 1. The molecule has 1 amide bonds. The minimum absolute atomic E-state index is 0.0471. The summed E-state index contributed by atoms with van der Waals surface area (Å²) in [6, 6.07) is 5.99. The molecule has 0 aliphatic carbocycles. The summed E-state index contributed by atoms with van der Waals surface area (Å²) in [6.07, 6.45) is 2.43. The van der Waals surface area contributed by atoms with E-state index in [4.69, 9.17) is 10.5 Å². The van der Waals surface area contributed by atoms with Crippen LogP contribution in [0.3, 0.4) is 0 Å². The highest BCUT2D eigenvalue weighted by molar-refractivity contribution is 5.97. The van der Waals surface area contributed by atoms with Crippen LogP contribution in [0.2, 0.25) is 0 Å². The molecule has 2 unspecified atom stereocenters. The SMILES string of the molecule is COc1cc(N)ccc1C(=O)N1CC2CCCN2CC1C. The normalized spacial score (nSPS) is 25.7. The molecule has 1 aromatic rings. The van der Waals surface area contributed by atoms with Crippen LogP contribution in [0.15, 0.2) is 18.2 Å². The van der Waals surface area contributed by atoms with Crippen LogP contribution < -0.4 is 10.5 Å². The molecule has 0 aromatic heterocycles. The van der Waals surface area contributed by atoms with E-state index in [1.165, 1.54) is 19.4 Å². The first kappa shape index (κ1) is 14.2. The Morgan fingerprint density at radius 3 is 2.95 bits per heavy atom. The summed E-state index contributed by atoms with van der Waals surface area (Å²) < 4.78 is 5.32. The molecule has 2 N–H and O–H groups in total. The lowest BCUT2D eigenvalue weighted by Gasteiger charge is -2.42. The molecule has 5 nitrogen and oxygen atoms in total. The van der Waals surface area contributed by atoms with E-state index in [0.29, 0.717) is 23.0 Å². The fraction of sp³-hybridized carbons (Fsp3) is 0.562. The monoisotopic (exact) mass is 289 g/mol. The molecule has 3 rings (SSSR count). The van der Waals surface area contributed by atoms with Gasteiger partial charge in [-0.05, 0) is 38.4 Å². The zero-order valence-electron chi connectivity index (χ0n) is 12.7. The standard InChI is InChI=1S/C16H23N3O2/c1-11-9-18-7-3-4-13(18)10-19(11)16(20)14-6-5-12(17)8-15(14)21-2/h5-6,8,11,13H,3-4,7,9-10,17H2,1-2H3. The number of nitrogen functional groups attached to an aromatic ring is 1. The van der Waals surface area contributed by atoms with Crippen LogP contribution >= 0.6 is 0 Å². The minimum atomic E-state index is 0.0471. The van der Waals surface area contributed by atoms with Crippen LogP contribution in [0.1, 0.15) is 30.1 Å². The van der Waals surface area contributed by atoms with E-state index in [9.17, 15) is 4.79 Å². The molecule has 2 atom stereocenters. The average molecular weight is 289 g/mol. The molecule has 2 aliphatic rings. The number of piperazine rings is 1. The minimum Gasteiger partial charge on any atom is -0.496 e. The lowest BCUT2D eigenvalue weighted by atomic mass is 10.1. The van der Waals surface area contributed by atoms with Crippen LogP contribution in [0.5, 0.6) is 5.75 Å². The molecule has 114 valence electrons. The van der Waals surface area contributed by atoms with Gasteiger partial charge in [0.05, 0.1) is 12.7 Å². The zero-order valence-corrected chi connectivity index (χ0v) is 12.7. The summed E-state index contributed by atoms with van der Waals surface area (Å²) in [5.74, 6) is 0.604. The van der Waals surface area contributed by atoms with E-state index in [1.54, 1.807) is 25.3 Å². The second-order valence-corrected chi connectivity index (χ2v) is 6.06. The quantitative estimate of drug-likeness (QED) is 0.840. The van der Waals surface area contributed by atoms with Crippen molar-refractivity contribution in [1.29, 1.82) is 0 Å². The van der Waals surface area contributed by atoms with Gasteiger partial charge in [0.2, 0.25) is 0 Å². The Kier molecular flexibility index (Phi) is 3.76. The lowest BCUT2D eigenvalue weighted by Crippen LogP contribution is -2.56. The van der Waals surface area contributed by atoms with Crippen molar-refractivity contribution in [2.75, 3.05) is 32.5 Å². The van der Waals surface area contributed by atoms with Crippen molar-refractivity contribution >= 4 is 11.6 Å². The Hall–Kier alpha value is -1.75. The fourth-order valence-corrected chi connectivity index (χ4v) is 3.51. The third-order valence-corrected chi connectivity index (χ3v) is 4.65. The smallest absolute Gasteiger partial charge is 0.257 e. The number of methoxy groups -OCH3 is 1. The van der Waals surface area contributed by atoms with Crippen LogP contribution in [-0.2, 0) is 0 Å². The number of rotatable bonds is 2. The van der Waals surface area contributed by atoms with Crippen LogP contribution in [0.4, 0.5) is 5.69 Å². The van der Waals surface area contributed by atoms with E-state index in [-0.39, 0.29) is 11.9 Å². The maximum atomic E-state index is 12.9. The Bertz CT molecular complexity index is 546.